The summed E-state index contributed by atoms with van der Waals surface area (Å²) in [4.78, 5) is 28.6. The number of benzene rings is 1. The Morgan fingerprint density at radius 3 is 2.57 bits per heavy atom. The Labute approximate surface area is 122 Å². The maximum absolute atomic E-state index is 11.8. The van der Waals surface area contributed by atoms with Gasteiger partial charge in [0.2, 0.25) is 0 Å². The predicted octanol–water partition coefficient (Wildman–Crippen LogP) is 0.953. The number of hydrogen-bond donors (Lipinski definition) is 1. The lowest BCUT2D eigenvalue weighted by atomic mass is 10.0. The van der Waals surface area contributed by atoms with Crippen molar-refractivity contribution in [3.05, 3.63) is 35.4 Å². The van der Waals surface area contributed by atoms with Crippen LogP contribution in [0.4, 0.5) is 4.79 Å². The van der Waals surface area contributed by atoms with Crippen molar-refractivity contribution >= 4 is 17.8 Å². The molecule has 0 aromatic heterocycles. The molecule has 2 amide bonds. The zero-order valence-corrected chi connectivity index (χ0v) is 11.9. The Morgan fingerprint density at radius 1 is 1.33 bits per heavy atom. The fourth-order valence-corrected chi connectivity index (χ4v) is 2.19. The van der Waals surface area contributed by atoms with Crippen LogP contribution in [0.2, 0.25) is 0 Å². The molecule has 0 fully saturated rings. The van der Waals surface area contributed by atoms with Crippen LogP contribution in [0.5, 0.6) is 0 Å². The fraction of sp³-hybridized carbons (Fsp3) is 0.357. The third kappa shape index (κ3) is 3.03. The zero-order chi connectivity index (χ0) is 15.4. The molecule has 0 bridgehead atoms. The Kier molecular flexibility index (Phi) is 4.54. The van der Waals surface area contributed by atoms with Gasteiger partial charge in [-0.1, -0.05) is 12.1 Å². The van der Waals surface area contributed by atoms with Gasteiger partial charge in [0.05, 0.1) is 19.3 Å². The Hall–Kier alpha value is -2.41. The molecular formula is C14H17N3O4. The molecule has 2 rings (SSSR count). The van der Waals surface area contributed by atoms with Gasteiger partial charge in [-0.3, -0.25) is 0 Å². The van der Waals surface area contributed by atoms with E-state index in [9.17, 15) is 9.59 Å². The molecule has 1 atom stereocenters. The smallest absolute Gasteiger partial charge is 0.346 e. The van der Waals surface area contributed by atoms with Gasteiger partial charge in [-0.2, -0.15) is 4.99 Å². The molecule has 1 heterocycles. The molecule has 0 aliphatic carbocycles. The van der Waals surface area contributed by atoms with E-state index in [0.717, 1.165) is 5.56 Å². The van der Waals surface area contributed by atoms with Crippen LogP contribution < -0.4 is 5.73 Å². The summed E-state index contributed by atoms with van der Waals surface area (Å²) in [6, 6.07) is 5.92. The lowest BCUT2D eigenvalue weighted by Crippen LogP contribution is -2.35. The number of hydrogen-bond acceptors (Lipinski definition) is 5. The monoisotopic (exact) mass is 291 g/mol. The lowest BCUT2D eigenvalue weighted by molar-refractivity contribution is 0.0600. The number of carbonyl (C=O) groups excluding carboxylic acids is 2. The minimum absolute atomic E-state index is 0.238. The standard InChI is InChI=1S/C14H17N3O4/c1-20-8-7-17-11(12(15)16-14(17)19)9-3-5-10(6-4-9)13(18)21-2/h3-6,11H,7-8H2,1-2H3,(H2,15,16,19). The van der Waals surface area contributed by atoms with E-state index < -0.39 is 12.0 Å². The first-order valence-electron chi connectivity index (χ1n) is 6.40. The van der Waals surface area contributed by atoms with Gasteiger partial charge in [0.15, 0.2) is 0 Å². The number of ether oxygens (including phenoxy) is 2. The average molecular weight is 291 g/mol. The molecule has 21 heavy (non-hydrogen) atoms. The predicted molar refractivity (Wildman–Crippen MR) is 76.1 cm³/mol. The van der Waals surface area contributed by atoms with E-state index in [1.54, 1.807) is 31.4 Å². The molecule has 112 valence electrons. The highest BCUT2D eigenvalue weighted by atomic mass is 16.5. The third-order valence-electron chi connectivity index (χ3n) is 3.25. The van der Waals surface area contributed by atoms with Gasteiger partial charge in [-0.25, -0.2) is 9.59 Å². The van der Waals surface area contributed by atoms with Crippen molar-refractivity contribution < 1.29 is 19.1 Å². The van der Waals surface area contributed by atoms with E-state index in [-0.39, 0.29) is 11.9 Å². The van der Waals surface area contributed by atoms with Gasteiger partial charge < -0.3 is 20.1 Å². The summed E-state index contributed by atoms with van der Waals surface area (Å²) in [6.07, 6.45) is 0. The summed E-state index contributed by atoms with van der Waals surface area (Å²) < 4.78 is 9.64. The van der Waals surface area contributed by atoms with E-state index in [1.165, 1.54) is 12.0 Å². The number of amidine groups is 1. The number of esters is 1. The van der Waals surface area contributed by atoms with Gasteiger partial charge in [0, 0.05) is 13.7 Å². The molecule has 1 aromatic rings. The zero-order valence-electron chi connectivity index (χ0n) is 11.9. The minimum atomic E-state index is -0.431. The number of carbonyl (C=O) groups is 2. The van der Waals surface area contributed by atoms with E-state index in [2.05, 4.69) is 9.73 Å². The Balaban J connectivity index is 2.23. The maximum atomic E-state index is 11.8. The van der Waals surface area contributed by atoms with Crippen LogP contribution in [0.1, 0.15) is 22.0 Å². The first kappa shape index (κ1) is 15.0. The van der Waals surface area contributed by atoms with Crippen molar-refractivity contribution in [2.75, 3.05) is 27.4 Å². The summed E-state index contributed by atoms with van der Waals surface area (Å²) in [6.45, 7) is 0.786. The number of nitrogens with two attached hydrogens (primary N) is 1. The summed E-state index contributed by atoms with van der Waals surface area (Å²) in [5.74, 6) is -0.177. The summed E-state index contributed by atoms with van der Waals surface area (Å²) in [5.41, 5.74) is 7.06. The number of nitrogens with zero attached hydrogens (tertiary/aromatic N) is 2. The van der Waals surface area contributed by atoms with Crippen LogP contribution in [0.25, 0.3) is 0 Å². The molecular weight excluding hydrogens is 274 g/mol. The Bertz CT molecular complexity index is 568. The van der Waals surface area contributed by atoms with E-state index in [0.29, 0.717) is 18.7 Å². The summed E-state index contributed by atoms with van der Waals surface area (Å²) in [7, 11) is 2.88. The third-order valence-corrected chi connectivity index (χ3v) is 3.25. The van der Waals surface area contributed by atoms with E-state index in [1.807, 2.05) is 0 Å². The lowest BCUT2D eigenvalue weighted by Gasteiger charge is -2.24. The second-order valence-electron chi connectivity index (χ2n) is 4.52. The number of aliphatic imine (C=N–C) groups is 1. The molecule has 2 N–H and O–H groups in total. The highest BCUT2D eigenvalue weighted by Gasteiger charge is 2.34. The van der Waals surface area contributed by atoms with Crippen LogP contribution in [-0.4, -0.2) is 50.1 Å². The number of methoxy groups -OCH3 is 2. The second kappa shape index (κ2) is 6.36. The van der Waals surface area contributed by atoms with Crippen LogP contribution in [0.3, 0.4) is 0 Å². The maximum Gasteiger partial charge on any atom is 0.346 e. The molecule has 0 saturated heterocycles. The molecule has 0 saturated carbocycles. The molecule has 7 heteroatoms. The molecule has 1 aromatic carbocycles. The second-order valence-corrected chi connectivity index (χ2v) is 4.52. The van der Waals surface area contributed by atoms with Crippen molar-refractivity contribution in [3.8, 4) is 0 Å². The molecule has 0 radical (unpaired) electrons. The van der Waals surface area contributed by atoms with Crippen molar-refractivity contribution in [1.29, 1.82) is 0 Å². The van der Waals surface area contributed by atoms with Crippen LogP contribution in [0.15, 0.2) is 29.3 Å². The first-order chi connectivity index (χ1) is 10.1. The van der Waals surface area contributed by atoms with Crippen molar-refractivity contribution in [2.24, 2.45) is 10.7 Å². The normalized spacial score (nSPS) is 17.8. The average Bonchev–Trinajstić information content (AvgIpc) is 2.78. The molecule has 0 spiro atoms. The van der Waals surface area contributed by atoms with Gasteiger partial charge >= 0.3 is 12.0 Å². The van der Waals surface area contributed by atoms with E-state index >= 15 is 0 Å². The van der Waals surface area contributed by atoms with Gasteiger partial charge in [0.25, 0.3) is 0 Å². The number of amides is 2. The van der Waals surface area contributed by atoms with E-state index in [4.69, 9.17) is 10.5 Å². The van der Waals surface area contributed by atoms with Crippen LogP contribution in [-0.2, 0) is 9.47 Å². The van der Waals surface area contributed by atoms with Gasteiger partial charge in [-0.15, -0.1) is 0 Å². The summed E-state index contributed by atoms with van der Waals surface area (Å²) >= 11 is 0. The summed E-state index contributed by atoms with van der Waals surface area (Å²) in [5, 5.41) is 0. The van der Waals surface area contributed by atoms with Crippen molar-refractivity contribution in [1.82, 2.24) is 4.90 Å². The molecule has 7 nitrogen and oxygen atoms in total. The number of rotatable bonds is 5. The van der Waals surface area contributed by atoms with Crippen LogP contribution in [0, 0.1) is 0 Å². The fourth-order valence-electron chi connectivity index (χ4n) is 2.19. The molecule has 1 aliphatic rings. The molecule has 1 unspecified atom stereocenters. The van der Waals surface area contributed by atoms with Crippen molar-refractivity contribution in [2.45, 2.75) is 6.04 Å². The van der Waals surface area contributed by atoms with Gasteiger partial charge in [-0.05, 0) is 17.7 Å². The minimum Gasteiger partial charge on any atom is -0.465 e. The highest BCUT2D eigenvalue weighted by Crippen LogP contribution is 2.26. The Morgan fingerprint density at radius 2 is 2.00 bits per heavy atom. The topological polar surface area (TPSA) is 94.2 Å². The van der Waals surface area contributed by atoms with Gasteiger partial charge in [0.1, 0.15) is 11.9 Å². The van der Waals surface area contributed by atoms with Crippen molar-refractivity contribution in [3.63, 3.8) is 0 Å². The SMILES string of the molecule is COCCN1C(=O)N=C(N)C1c1ccc(C(=O)OC)cc1. The number of urea groups is 1. The van der Waals surface area contributed by atoms with Crippen LogP contribution >= 0.6 is 0 Å². The first-order valence-corrected chi connectivity index (χ1v) is 6.40. The largest absolute Gasteiger partial charge is 0.465 e. The highest BCUT2D eigenvalue weighted by molar-refractivity contribution is 6.03. The quantitative estimate of drug-likeness (QED) is 0.815. The molecule has 1 aliphatic heterocycles.